The van der Waals surface area contributed by atoms with Gasteiger partial charge in [-0.05, 0) is 0 Å². The summed E-state index contributed by atoms with van der Waals surface area (Å²) in [5.74, 6) is -3.29. The van der Waals surface area contributed by atoms with Gasteiger partial charge in [0.15, 0.2) is 5.78 Å². The lowest BCUT2D eigenvalue weighted by molar-refractivity contribution is -0.135. The van der Waals surface area contributed by atoms with E-state index in [0.717, 1.165) is 6.20 Å². The number of aliphatic carboxylic acids is 1. The topological polar surface area (TPSA) is 102 Å². The van der Waals surface area contributed by atoms with Crippen molar-refractivity contribution in [2.45, 2.75) is 6.42 Å². The molecule has 7 nitrogen and oxygen atoms in total. The molecule has 0 amide bonds. The molecule has 20 heavy (non-hydrogen) atoms. The molecule has 108 valence electrons. The van der Waals surface area contributed by atoms with Gasteiger partial charge in [-0.25, -0.2) is 0 Å². The highest BCUT2D eigenvalue weighted by Gasteiger charge is 2.22. The zero-order valence-electron chi connectivity index (χ0n) is 10.6. The van der Waals surface area contributed by atoms with E-state index in [9.17, 15) is 18.8 Å². The van der Waals surface area contributed by atoms with Crippen LogP contribution in [-0.4, -0.2) is 48.0 Å². The number of Topliss-reactive ketones (excluding diaryl/α,β-unsaturated/α-hetero) is 1. The number of carboxylic acids is 1. The predicted octanol–water partition coefficient (Wildman–Crippen LogP) is -0.419. The Balaban J connectivity index is 2.31. The van der Waals surface area contributed by atoms with E-state index in [4.69, 9.17) is 5.11 Å². The fourth-order valence-electron chi connectivity index (χ4n) is 2.05. The van der Waals surface area contributed by atoms with Gasteiger partial charge < -0.3 is 20.3 Å². The first-order valence-electron chi connectivity index (χ1n) is 6.12. The standard InChI is InChI=1S/C12H14FN3O4/c13-10-11(20)7(8(17)5-9(18)19)6-15-12(10)16-3-1-14-2-4-16/h6,14H,1-5H2,(H,15,20)(H,18,19). The number of hydrogen-bond acceptors (Lipinski definition) is 5. The highest BCUT2D eigenvalue weighted by atomic mass is 19.1. The van der Waals surface area contributed by atoms with Crippen LogP contribution in [0.1, 0.15) is 16.8 Å². The first-order valence-corrected chi connectivity index (χ1v) is 6.12. The summed E-state index contributed by atoms with van der Waals surface area (Å²) < 4.78 is 14.0. The van der Waals surface area contributed by atoms with Crippen molar-refractivity contribution in [3.05, 3.63) is 27.8 Å². The van der Waals surface area contributed by atoms with Gasteiger partial charge in [0.05, 0.1) is 5.56 Å². The molecule has 0 bridgehead atoms. The van der Waals surface area contributed by atoms with E-state index >= 15 is 0 Å². The second-order valence-corrected chi connectivity index (χ2v) is 4.42. The summed E-state index contributed by atoms with van der Waals surface area (Å²) in [7, 11) is 0. The van der Waals surface area contributed by atoms with Crippen LogP contribution in [0.4, 0.5) is 10.2 Å². The number of aromatic amines is 1. The quantitative estimate of drug-likeness (QED) is 0.512. The third-order valence-electron chi connectivity index (χ3n) is 3.05. The molecule has 3 N–H and O–H groups in total. The third kappa shape index (κ3) is 2.85. The lowest BCUT2D eigenvalue weighted by Crippen LogP contribution is -2.45. The number of carbonyl (C=O) groups is 2. The van der Waals surface area contributed by atoms with Crippen molar-refractivity contribution in [1.82, 2.24) is 10.3 Å². The van der Waals surface area contributed by atoms with E-state index < -0.39 is 35.0 Å². The van der Waals surface area contributed by atoms with Crippen LogP contribution in [0, 0.1) is 5.82 Å². The van der Waals surface area contributed by atoms with E-state index in [1.165, 1.54) is 0 Å². The van der Waals surface area contributed by atoms with Gasteiger partial charge >= 0.3 is 5.97 Å². The number of halogens is 1. The molecule has 1 saturated heterocycles. The minimum Gasteiger partial charge on any atom is -0.481 e. The van der Waals surface area contributed by atoms with Crippen LogP contribution in [0.3, 0.4) is 0 Å². The Bertz CT molecular complexity index is 593. The van der Waals surface area contributed by atoms with Crippen molar-refractivity contribution in [3.8, 4) is 0 Å². The van der Waals surface area contributed by atoms with E-state index in [2.05, 4.69) is 10.3 Å². The van der Waals surface area contributed by atoms with Crippen molar-refractivity contribution in [2.75, 3.05) is 31.1 Å². The minimum atomic E-state index is -1.36. The summed E-state index contributed by atoms with van der Waals surface area (Å²) in [5, 5.41) is 11.6. The van der Waals surface area contributed by atoms with Crippen molar-refractivity contribution >= 4 is 17.6 Å². The fourth-order valence-corrected chi connectivity index (χ4v) is 2.05. The van der Waals surface area contributed by atoms with Crippen molar-refractivity contribution in [1.29, 1.82) is 0 Å². The number of pyridine rings is 1. The monoisotopic (exact) mass is 283 g/mol. The maximum atomic E-state index is 14.0. The number of nitrogens with zero attached hydrogens (tertiary/aromatic N) is 1. The SMILES string of the molecule is O=C(O)CC(=O)c1c[nH]c(N2CCNCC2)c(F)c1=O. The van der Waals surface area contributed by atoms with E-state index in [-0.39, 0.29) is 5.82 Å². The van der Waals surface area contributed by atoms with Gasteiger partial charge in [-0.15, -0.1) is 0 Å². The molecule has 2 rings (SSSR count). The van der Waals surface area contributed by atoms with E-state index in [1.54, 1.807) is 4.90 Å². The molecule has 1 aliphatic heterocycles. The molecule has 1 aromatic rings. The van der Waals surface area contributed by atoms with Gasteiger partial charge in [0, 0.05) is 32.4 Å². The maximum absolute atomic E-state index is 14.0. The van der Waals surface area contributed by atoms with Crippen molar-refractivity contribution < 1.29 is 19.1 Å². The molecular formula is C12H14FN3O4. The first kappa shape index (κ1) is 14.2. The minimum absolute atomic E-state index is 0.0309. The number of H-pyrrole nitrogens is 1. The van der Waals surface area contributed by atoms with Crippen LogP contribution in [0.15, 0.2) is 11.0 Å². The van der Waals surface area contributed by atoms with Crippen LogP contribution >= 0.6 is 0 Å². The fraction of sp³-hybridized carbons (Fsp3) is 0.417. The predicted molar refractivity (Wildman–Crippen MR) is 68.7 cm³/mol. The molecular weight excluding hydrogens is 269 g/mol. The lowest BCUT2D eigenvalue weighted by Gasteiger charge is -2.29. The Morgan fingerprint density at radius 1 is 1.35 bits per heavy atom. The molecule has 0 radical (unpaired) electrons. The molecule has 0 atom stereocenters. The number of anilines is 1. The molecule has 0 aromatic carbocycles. The van der Waals surface area contributed by atoms with Gasteiger partial charge in [0.25, 0.3) is 0 Å². The molecule has 8 heteroatoms. The second-order valence-electron chi connectivity index (χ2n) is 4.42. The summed E-state index contributed by atoms with van der Waals surface area (Å²) in [6.07, 6.45) is 0.240. The average Bonchev–Trinajstić information content (AvgIpc) is 2.42. The number of nitrogens with one attached hydrogen (secondary N) is 2. The molecule has 1 aromatic heterocycles. The summed E-state index contributed by atoms with van der Waals surface area (Å²) in [6.45, 7) is 2.41. The maximum Gasteiger partial charge on any atom is 0.311 e. The molecule has 0 aliphatic carbocycles. The summed E-state index contributed by atoms with van der Waals surface area (Å²) in [4.78, 5) is 38.0. The Morgan fingerprint density at radius 2 is 2.00 bits per heavy atom. The number of carboxylic acid groups (broad SMARTS) is 1. The Morgan fingerprint density at radius 3 is 2.60 bits per heavy atom. The van der Waals surface area contributed by atoms with Crippen molar-refractivity contribution in [3.63, 3.8) is 0 Å². The molecule has 1 fully saturated rings. The summed E-state index contributed by atoms with van der Waals surface area (Å²) >= 11 is 0. The number of ketones is 1. The van der Waals surface area contributed by atoms with Crippen LogP contribution in [0.2, 0.25) is 0 Å². The number of hydrogen-bond donors (Lipinski definition) is 3. The Labute approximate surface area is 113 Å². The average molecular weight is 283 g/mol. The molecule has 0 unspecified atom stereocenters. The van der Waals surface area contributed by atoms with Gasteiger partial charge in [0.1, 0.15) is 12.2 Å². The van der Waals surface area contributed by atoms with Crippen LogP contribution in [-0.2, 0) is 4.79 Å². The van der Waals surface area contributed by atoms with Gasteiger partial charge in [-0.3, -0.25) is 14.4 Å². The summed E-state index contributed by atoms with van der Waals surface area (Å²) in [5.41, 5.74) is -1.53. The molecule has 0 spiro atoms. The van der Waals surface area contributed by atoms with E-state index in [1.807, 2.05) is 0 Å². The van der Waals surface area contributed by atoms with Gasteiger partial charge in [0.2, 0.25) is 11.2 Å². The number of rotatable bonds is 4. The summed E-state index contributed by atoms with van der Waals surface area (Å²) in [6, 6.07) is 0. The zero-order chi connectivity index (χ0) is 14.7. The van der Waals surface area contributed by atoms with Gasteiger partial charge in [-0.1, -0.05) is 0 Å². The first-order chi connectivity index (χ1) is 9.50. The van der Waals surface area contributed by atoms with Crippen LogP contribution < -0.4 is 15.6 Å². The molecule has 2 heterocycles. The van der Waals surface area contributed by atoms with Gasteiger partial charge in [-0.2, -0.15) is 4.39 Å². The number of carbonyl (C=O) groups excluding carboxylic acids is 1. The third-order valence-corrected chi connectivity index (χ3v) is 3.05. The molecule has 0 saturated carbocycles. The van der Waals surface area contributed by atoms with Crippen LogP contribution in [0.5, 0.6) is 0 Å². The zero-order valence-corrected chi connectivity index (χ0v) is 10.6. The largest absolute Gasteiger partial charge is 0.481 e. The number of piperazine rings is 1. The smallest absolute Gasteiger partial charge is 0.311 e. The Kier molecular flexibility index (Phi) is 4.14. The highest BCUT2D eigenvalue weighted by Crippen LogP contribution is 2.14. The van der Waals surface area contributed by atoms with Crippen LogP contribution in [0.25, 0.3) is 0 Å². The second kappa shape index (κ2) is 5.83. The lowest BCUT2D eigenvalue weighted by atomic mass is 10.1. The van der Waals surface area contributed by atoms with E-state index in [0.29, 0.717) is 26.2 Å². The molecule has 1 aliphatic rings. The van der Waals surface area contributed by atoms with Crippen molar-refractivity contribution in [2.24, 2.45) is 0 Å². The number of aromatic nitrogens is 1. The highest BCUT2D eigenvalue weighted by molar-refractivity contribution is 6.05. The Hall–Kier alpha value is -2.22. The normalized spacial score (nSPS) is 15.2.